The highest BCUT2D eigenvalue weighted by Gasteiger charge is 2.31. The van der Waals surface area contributed by atoms with Crippen molar-refractivity contribution in [1.29, 1.82) is 0 Å². The predicted octanol–water partition coefficient (Wildman–Crippen LogP) is 4.80. The Morgan fingerprint density at radius 2 is 1.79 bits per heavy atom. The number of carbonyl (C=O) groups excluding carboxylic acids is 1. The molecule has 2 N–H and O–H groups in total. The Balaban J connectivity index is 2.18. The SMILES string of the molecule is CSC(=S)C1=C(c2ccc(Cl)cc2)NC(=O)NC1c1ccccc1. The van der Waals surface area contributed by atoms with E-state index in [1.54, 1.807) is 12.1 Å². The number of thioether (sulfide) groups is 1. The molecule has 1 atom stereocenters. The fourth-order valence-corrected chi connectivity index (χ4v) is 3.42. The molecule has 6 heteroatoms. The summed E-state index contributed by atoms with van der Waals surface area (Å²) in [6.45, 7) is 0. The van der Waals surface area contributed by atoms with Gasteiger partial charge in [-0.2, -0.15) is 0 Å². The molecule has 0 spiro atoms. The third-order valence-corrected chi connectivity index (χ3v) is 5.31. The minimum absolute atomic E-state index is 0.249. The van der Waals surface area contributed by atoms with Crippen molar-refractivity contribution in [1.82, 2.24) is 10.6 Å². The summed E-state index contributed by atoms with van der Waals surface area (Å²) in [5, 5.41) is 6.52. The van der Waals surface area contributed by atoms with Crippen LogP contribution < -0.4 is 10.6 Å². The second-order valence-corrected chi connectivity index (χ2v) is 7.15. The maximum Gasteiger partial charge on any atom is 0.320 e. The van der Waals surface area contributed by atoms with E-state index < -0.39 is 0 Å². The molecule has 0 aromatic heterocycles. The highest BCUT2D eigenvalue weighted by Crippen LogP contribution is 2.34. The topological polar surface area (TPSA) is 41.1 Å². The molecular formula is C18H15ClN2OS2. The normalized spacial score (nSPS) is 17.2. The summed E-state index contributed by atoms with van der Waals surface area (Å²) in [5.74, 6) is 0. The van der Waals surface area contributed by atoms with Crippen LogP contribution in [0.3, 0.4) is 0 Å². The van der Waals surface area contributed by atoms with Gasteiger partial charge in [0.2, 0.25) is 0 Å². The zero-order valence-electron chi connectivity index (χ0n) is 12.9. The molecule has 0 saturated carbocycles. The van der Waals surface area contributed by atoms with Crippen LogP contribution in [0.5, 0.6) is 0 Å². The Bertz CT molecular complexity index is 804. The van der Waals surface area contributed by atoms with Crippen molar-refractivity contribution in [2.75, 3.05) is 6.26 Å². The average molecular weight is 375 g/mol. The van der Waals surface area contributed by atoms with Crippen LogP contribution in [-0.4, -0.2) is 16.5 Å². The smallest absolute Gasteiger partial charge is 0.320 e. The summed E-state index contributed by atoms with van der Waals surface area (Å²) < 4.78 is 0.737. The molecule has 0 aliphatic carbocycles. The van der Waals surface area contributed by atoms with Crippen LogP contribution in [0.4, 0.5) is 4.79 Å². The zero-order chi connectivity index (χ0) is 17.1. The quantitative estimate of drug-likeness (QED) is 0.758. The van der Waals surface area contributed by atoms with E-state index in [9.17, 15) is 4.79 Å². The number of amides is 2. The maximum absolute atomic E-state index is 12.2. The molecule has 0 fully saturated rings. The van der Waals surface area contributed by atoms with Gasteiger partial charge in [0.05, 0.1) is 15.9 Å². The van der Waals surface area contributed by atoms with Crippen molar-refractivity contribution in [3.63, 3.8) is 0 Å². The molecule has 2 aromatic carbocycles. The number of thiocarbonyl (C=S) groups is 1. The lowest BCUT2D eigenvalue weighted by atomic mass is 9.94. The van der Waals surface area contributed by atoms with Crippen LogP contribution in [0.1, 0.15) is 17.2 Å². The molecule has 2 aromatic rings. The monoisotopic (exact) mass is 374 g/mol. The van der Waals surface area contributed by atoms with E-state index in [0.29, 0.717) is 5.02 Å². The summed E-state index contributed by atoms with van der Waals surface area (Å²) in [6.07, 6.45) is 1.94. The van der Waals surface area contributed by atoms with Gasteiger partial charge in [-0.1, -0.05) is 66.3 Å². The summed E-state index contributed by atoms with van der Waals surface area (Å²) in [5.41, 5.74) is 3.49. The van der Waals surface area contributed by atoms with E-state index in [4.69, 9.17) is 23.8 Å². The van der Waals surface area contributed by atoms with Crippen LogP contribution >= 0.6 is 35.6 Å². The molecule has 0 saturated heterocycles. The number of hydrogen-bond acceptors (Lipinski definition) is 3. The van der Waals surface area contributed by atoms with Gasteiger partial charge in [-0.3, -0.25) is 0 Å². The van der Waals surface area contributed by atoms with Gasteiger partial charge in [-0.25, -0.2) is 4.79 Å². The second-order valence-electron chi connectivity index (χ2n) is 5.23. The summed E-state index contributed by atoms with van der Waals surface area (Å²) in [6, 6.07) is 16.6. The number of benzene rings is 2. The molecule has 122 valence electrons. The van der Waals surface area contributed by atoms with Crippen LogP contribution in [0.25, 0.3) is 5.70 Å². The van der Waals surface area contributed by atoms with Gasteiger partial charge in [0, 0.05) is 10.6 Å². The number of carbonyl (C=O) groups is 1. The Kier molecular flexibility index (Phi) is 5.23. The van der Waals surface area contributed by atoms with Crippen LogP contribution in [0, 0.1) is 0 Å². The van der Waals surface area contributed by atoms with Crippen molar-refractivity contribution >= 4 is 51.5 Å². The van der Waals surface area contributed by atoms with Crippen molar-refractivity contribution in [3.05, 3.63) is 76.3 Å². The molecule has 0 bridgehead atoms. The van der Waals surface area contributed by atoms with E-state index >= 15 is 0 Å². The number of rotatable bonds is 3. The molecule has 3 rings (SSSR count). The first kappa shape index (κ1) is 17.0. The minimum atomic E-state index is -0.287. The fourth-order valence-electron chi connectivity index (χ4n) is 2.63. The lowest BCUT2D eigenvalue weighted by Crippen LogP contribution is -2.44. The second kappa shape index (κ2) is 7.38. The molecule has 1 aliphatic rings. The van der Waals surface area contributed by atoms with E-state index in [1.807, 2.05) is 48.7 Å². The molecule has 2 amide bonds. The number of halogens is 1. The van der Waals surface area contributed by atoms with E-state index in [0.717, 1.165) is 26.6 Å². The Labute approximate surface area is 155 Å². The molecule has 1 unspecified atom stereocenters. The van der Waals surface area contributed by atoms with Gasteiger partial charge >= 0.3 is 6.03 Å². The molecule has 3 nitrogen and oxygen atoms in total. The van der Waals surface area contributed by atoms with Crippen molar-refractivity contribution < 1.29 is 4.79 Å². The van der Waals surface area contributed by atoms with Gasteiger partial charge in [0.1, 0.15) is 0 Å². The van der Waals surface area contributed by atoms with E-state index in [2.05, 4.69) is 10.6 Å². The third-order valence-electron chi connectivity index (χ3n) is 3.74. The summed E-state index contributed by atoms with van der Waals surface area (Å²) in [7, 11) is 0. The minimum Gasteiger partial charge on any atom is -0.327 e. The lowest BCUT2D eigenvalue weighted by molar-refractivity contribution is 0.241. The Morgan fingerprint density at radius 3 is 2.42 bits per heavy atom. The maximum atomic E-state index is 12.2. The average Bonchev–Trinajstić information content (AvgIpc) is 2.61. The standard InChI is InChI=1S/C18H15ClN2OS2/c1-24-17(23)14-15(11-5-3-2-4-6-11)20-18(22)21-16(14)12-7-9-13(19)10-8-12/h2-10,15H,1H3,(H2,20,21,22). The highest BCUT2D eigenvalue weighted by molar-refractivity contribution is 8.23. The highest BCUT2D eigenvalue weighted by atomic mass is 35.5. The predicted molar refractivity (Wildman–Crippen MR) is 105 cm³/mol. The van der Waals surface area contributed by atoms with Crippen molar-refractivity contribution in [2.24, 2.45) is 0 Å². The number of urea groups is 1. The van der Waals surface area contributed by atoms with Gasteiger partial charge in [0.25, 0.3) is 0 Å². The fraction of sp³-hybridized carbons (Fsp3) is 0.111. The number of nitrogens with one attached hydrogen (secondary N) is 2. The van der Waals surface area contributed by atoms with Crippen LogP contribution in [0.15, 0.2) is 60.2 Å². The molecule has 1 heterocycles. The first-order valence-corrected chi connectivity index (χ1v) is 9.32. The summed E-state index contributed by atoms with van der Waals surface area (Å²) in [4.78, 5) is 12.2. The Morgan fingerprint density at radius 1 is 1.12 bits per heavy atom. The van der Waals surface area contributed by atoms with Crippen LogP contribution in [-0.2, 0) is 0 Å². The van der Waals surface area contributed by atoms with Gasteiger partial charge in [0.15, 0.2) is 0 Å². The van der Waals surface area contributed by atoms with Gasteiger partial charge in [-0.15, -0.1) is 11.8 Å². The number of hydrogen-bond donors (Lipinski definition) is 2. The van der Waals surface area contributed by atoms with Gasteiger partial charge in [-0.05, 0) is 29.5 Å². The van der Waals surface area contributed by atoms with E-state index in [1.165, 1.54) is 11.8 Å². The third kappa shape index (κ3) is 3.48. The largest absolute Gasteiger partial charge is 0.327 e. The lowest BCUT2D eigenvalue weighted by Gasteiger charge is -2.30. The van der Waals surface area contributed by atoms with Crippen molar-refractivity contribution in [2.45, 2.75) is 6.04 Å². The van der Waals surface area contributed by atoms with Gasteiger partial charge < -0.3 is 10.6 Å². The molecule has 0 radical (unpaired) electrons. The first-order chi connectivity index (χ1) is 11.6. The molecule has 1 aliphatic heterocycles. The van der Waals surface area contributed by atoms with Crippen molar-refractivity contribution in [3.8, 4) is 0 Å². The van der Waals surface area contributed by atoms with Crippen LogP contribution in [0.2, 0.25) is 5.02 Å². The summed E-state index contributed by atoms with van der Waals surface area (Å²) >= 11 is 13.1. The molecular weight excluding hydrogens is 360 g/mol. The van der Waals surface area contributed by atoms with E-state index in [-0.39, 0.29) is 12.1 Å². The first-order valence-electron chi connectivity index (χ1n) is 7.31. The Hall–Kier alpha value is -1.82. The molecule has 24 heavy (non-hydrogen) atoms. The zero-order valence-corrected chi connectivity index (χ0v) is 15.3.